The van der Waals surface area contributed by atoms with E-state index in [9.17, 15) is 9.59 Å². The Morgan fingerprint density at radius 2 is 2.22 bits per heavy atom. The van der Waals surface area contributed by atoms with Gasteiger partial charge in [-0.2, -0.15) is 0 Å². The summed E-state index contributed by atoms with van der Waals surface area (Å²) in [6, 6.07) is 3.43. The van der Waals surface area contributed by atoms with Crippen LogP contribution in [0.2, 0.25) is 0 Å². The molecule has 6 nitrogen and oxygen atoms in total. The second kappa shape index (κ2) is 5.03. The highest BCUT2D eigenvalue weighted by Crippen LogP contribution is 2.15. The van der Waals surface area contributed by atoms with Crippen molar-refractivity contribution in [2.45, 2.75) is 0 Å². The summed E-state index contributed by atoms with van der Waals surface area (Å²) in [5.74, 6) is 0.340. The molecular weight excluding hydrogens is 232 g/mol. The van der Waals surface area contributed by atoms with Crippen LogP contribution in [0.1, 0.15) is 10.4 Å². The molecule has 2 amide bonds. The molecule has 6 heteroatoms. The zero-order chi connectivity index (χ0) is 13.1. The summed E-state index contributed by atoms with van der Waals surface area (Å²) >= 11 is 0. The van der Waals surface area contributed by atoms with Crippen LogP contribution in [0.5, 0.6) is 0 Å². The first-order valence-electron chi connectivity index (χ1n) is 5.79. The van der Waals surface area contributed by atoms with Crippen molar-refractivity contribution in [3.05, 3.63) is 23.9 Å². The fourth-order valence-corrected chi connectivity index (χ4v) is 1.88. The second-order valence-electron chi connectivity index (χ2n) is 4.19. The van der Waals surface area contributed by atoms with Gasteiger partial charge in [-0.1, -0.05) is 0 Å². The lowest BCUT2D eigenvalue weighted by Crippen LogP contribution is -2.50. The lowest BCUT2D eigenvalue weighted by Gasteiger charge is -2.32. The zero-order valence-corrected chi connectivity index (χ0v) is 10.5. The zero-order valence-electron chi connectivity index (χ0n) is 10.5. The largest absolute Gasteiger partial charge is 0.372 e. The number of aromatic nitrogens is 1. The molecule has 0 unspecified atom stereocenters. The van der Waals surface area contributed by atoms with Crippen LogP contribution in [0.3, 0.4) is 0 Å². The molecule has 1 fully saturated rings. The summed E-state index contributed by atoms with van der Waals surface area (Å²) in [6.07, 6.45) is 1.62. The Balaban J connectivity index is 2.19. The van der Waals surface area contributed by atoms with Crippen molar-refractivity contribution in [3.63, 3.8) is 0 Å². The Hall–Kier alpha value is -2.11. The summed E-state index contributed by atoms with van der Waals surface area (Å²) < 4.78 is 0. The number of carbonyl (C=O) groups is 2. The van der Waals surface area contributed by atoms with Gasteiger partial charge in [-0.05, 0) is 12.1 Å². The SMILES string of the molecule is CNc1ncccc1C(=O)N1CCN(C)C(=O)C1. The minimum absolute atomic E-state index is 0.0375. The maximum absolute atomic E-state index is 12.3. The van der Waals surface area contributed by atoms with Gasteiger partial charge >= 0.3 is 0 Å². The van der Waals surface area contributed by atoms with Gasteiger partial charge in [0.25, 0.3) is 5.91 Å². The van der Waals surface area contributed by atoms with E-state index in [1.807, 2.05) is 0 Å². The number of hydrogen-bond donors (Lipinski definition) is 1. The maximum atomic E-state index is 12.3. The Bertz CT molecular complexity index is 475. The van der Waals surface area contributed by atoms with Crippen LogP contribution < -0.4 is 5.32 Å². The van der Waals surface area contributed by atoms with Crippen LogP contribution in [0.15, 0.2) is 18.3 Å². The van der Waals surface area contributed by atoms with Crippen LogP contribution in [0.4, 0.5) is 5.82 Å². The molecule has 1 aliphatic rings. The van der Waals surface area contributed by atoms with Crippen molar-refractivity contribution < 1.29 is 9.59 Å². The van der Waals surface area contributed by atoms with Crippen molar-refractivity contribution in [2.75, 3.05) is 39.0 Å². The molecule has 0 aromatic carbocycles. The van der Waals surface area contributed by atoms with Crippen molar-refractivity contribution in [2.24, 2.45) is 0 Å². The normalized spacial score (nSPS) is 15.8. The summed E-state index contributed by atoms with van der Waals surface area (Å²) in [4.78, 5) is 31.2. The molecule has 1 aromatic heterocycles. The number of anilines is 1. The number of hydrogen-bond acceptors (Lipinski definition) is 4. The molecule has 0 spiro atoms. The minimum Gasteiger partial charge on any atom is -0.372 e. The molecule has 0 bridgehead atoms. The minimum atomic E-state index is -0.158. The van der Waals surface area contributed by atoms with Gasteiger partial charge in [0.2, 0.25) is 5.91 Å². The van der Waals surface area contributed by atoms with E-state index in [-0.39, 0.29) is 18.4 Å². The number of rotatable bonds is 2. The molecule has 1 aromatic rings. The highest BCUT2D eigenvalue weighted by Gasteiger charge is 2.26. The smallest absolute Gasteiger partial charge is 0.258 e. The number of amides is 2. The molecule has 1 saturated heterocycles. The summed E-state index contributed by atoms with van der Waals surface area (Å²) in [5, 5.41) is 2.88. The van der Waals surface area contributed by atoms with Crippen molar-refractivity contribution in [1.82, 2.24) is 14.8 Å². The molecule has 2 heterocycles. The predicted octanol–water partition coefficient (Wildman–Crippen LogP) is 0.0375. The van der Waals surface area contributed by atoms with Crippen molar-refractivity contribution >= 4 is 17.6 Å². The Morgan fingerprint density at radius 1 is 1.44 bits per heavy atom. The lowest BCUT2D eigenvalue weighted by atomic mass is 10.2. The van der Waals surface area contributed by atoms with Crippen LogP contribution in [-0.2, 0) is 4.79 Å². The summed E-state index contributed by atoms with van der Waals surface area (Å²) in [5.41, 5.74) is 0.498. The monoisotopic (exact) mass is 248 g/mol. The molecule has 18 heavy (non-hydrogen) atoms. The fraction of sp³-hybridized carbons (Fsp3) is 0.417. The first-order valence-corrected chi connectivity index (χ1v) is 5.79. The molecule has 1 N–H and O–H groups in total. The number of piperazine rings is 1. The highest BCUT2D eigenvalue weighted by molar-refractivity contribution is 6.00. The number of pyridine rings is 1. The third kappa shape index (κ3) is 2.27. The van der Waals surface area contributed by atoms with Crippen LogP contribution in [0, 0.1) is 0 Å². The van der Waals surface area contributed by atoms with Gasteiger partial charge in [-0.25, -0.2) is 4.98 Å². The third-order valence-corrected chi connectivity index (χ3v) is 3.02. The van der Waals surface area contributed by atoms with Crippen LogP contribution in [0.25, 0.3) is 0 Å². The van der Waals surface area contributed by atoms with E-state index in [0.717, 1.165) is 0 Å². The van der Waals surface area contributed by atoms with Gasteiger partial charge in [0.05, 0.1) is 5.56 Å². The molecule has 1 aliphatic heterocycles. The Kier molecular flexibility index (Phi) is 3.45. The van der Waals surface area contributed by atoms with E-state index in [0.29, 0.717) is 24.5 Å². The van der Waals surface area contributed by atoms with E-state index in [1.54, 1.807) is 42.2 Å². The average molecular weight is 248 g/mol. The molecular formula is C12H16N4O2. The van der Waals surface area contributed by atoms with E-state index < -0.39 is 0 Å². The first kappa shape index (κ1) is 12.3. The van der Waals surface area contributed by atoms with E-state index in [4.69, 9.17) is 0 Å². The topological polar surface area (TPSA) is 65.5 Å². The first-order chi connectivity index (χ1) is 8.63. The maximum Gasteiger partial charge on any atom is 0.258 e. The summed E-state index contributed by atoms with van der Waals surface area (Å²) in [7, 11) is 3.46. The number of nitrogens with zero attached hydrogens (tertiary/aromatic N) is 3. The van der Waals surface area contributed by atoms with Gasteiger partial charge in [0.15, 0.2) is 0 Å². The third-order valence-electron chi connectivity index (χ3n) is 3.02. The van der Waals surface area contributed by atoms with Gasteiger partial charge in [-0.15, -0.1) is 0 Å². The standard InChI is InChI=1S/C12H16N4O2/c1-13-11-9(4-3-5-14-11)12(18)16-7-6-15(2)10(17)8-16/h3-5H,6-8H2,1-2H3,(H,13,14). The molecule has 0 saturated carbocycles. The van der Waals surface area contributed by atoms with Crippen LogP contribution >= 0.6 is 0 Å². The van der Waals surface area contributed by atoms with Crippen LogP contribution in [-0.4, -0.2) is 60.3 Å². The van der Waals surface area contributed by atoms with Gasteiger partial charge in [0, 0.05) is 33.4 Å². The average Bonchev–Trinajstić information content (AvgIpc) is 2.41. The lowest BCUT2D eigenvalue weighted by molar-refractivity contribution is -0.133. The Morgan fingerprint density at radius 3 is 2.89 bits per heavy atom. The van der Waals surface area contributed by atoms with Gasteiger partial charge in [0.1, 0.15) is 12.4 Å². The van der Waals surface area contributed by atoms with Gasteiger partial charge in [-0.3, -0.25) is 9.59 Å². The molecule has 2 rings (SSSR count). The highest BCUT2D eigenvalue weighted by atomic mass is 16.2. The predicted molar refractivity (Wildman–Crippen MR) is 67.3 cm³/mol. The van der Waals surface area contributed by atoms with Gasteiger partial charge < -0.3 is 15.1 Å². The molecule has 0 atom stereocenters. The number of likely N-dealkylation sites (N-methyl/N-ethyl adjacent to an activating group) is 1. The molecule has 0 aliphatic carbocycles. The second-order valence-corrected chi connectivity index (χ2v) is 4.19. The fourth-order valence-electron chi connectivity index (χ4n) is 1.88. The van der Waals surface area contributed by atoms with E-state index in [1.165, 1.54) is 0 Å². The summed E-state index contributed by atoms with van der Waals surface area (Å²) in [6.45, 7) is 1.26. The Labute approximate surface area is 106 Å². The van der Waals surface area contributed by atoms with Crippen molar-refractivity contribution in [1.29, 1.82) is 0 Å². The molecule has 0 radical (unpaired) electrons. The number of nitrogens with one attached hydrogen (secondary N) is 1. The van der Waals surface area contributed by atoms with Crippen molar-refractivity contribution in [3.8, 4) is 0 Å². The quantitative estimate of drug-likeness (QED) is 0.802. The molecule has 96 valence electrons. The number of carbonyl (C=O) groups excluding carboxylic acids is 2. The van der Waals surface area contributed by atoms with E-state index in [2.05, 4.69) is 10.3 Å². The van der Waals surface area contributed by atoms with E-state index >= 15 is 0 Å².